The molecule has 3 heteroatoms. The molecule has 1 aliphatic rings. The number of ether oxygens (including phenoxy) is 2. The summed E-state index contributed by atoms with van der Waals surface area (Å²) in [5, 5.41) is 0. The van der Waals surface area contributed by atoms with E-state index in [4.69, 9.17) is 9.47 Å². The number of rotatable bonds is 3. The molecule has 0 amide bonds. The van der Waals surface area contributed by atoms with E-state index >= 15 is 0 Å². The van der Waals surface area contributed by atoms with Crippen molar-refractivity contribution in [3.05, 3.63) is 71.3 Å². The molecule has 1 heterocycles. The molecule has 2 aromatic rings. The normalized spacial score (nSPS) is 17.1. The molecule has 0 aromatic heterocycles. The van der Waals surface area contributed by atoms with Crippen LogP contribution in [0.3, 0.4) is 0 Å². The molecule has 3 nitrogen and oxygen atoms in total. The Morgan fingerprint density at radius 2 is 1.55 bits per heavy atom. The first-order valence-corrected chi connectivity index (χ1v) is 6.67. The molecule has 3 rings (SSSR count). The zero-order chi connectivity index (χ0) is 14.0. The van der Waals surface area contributed by atoms with Crippen LogP contribution in [-0.4, -0.2) is 19.0 Å². The SMILES string of the molecule is Cc1ccc(C(=O)C2(c3ccccc3)OCCO2)cc1. The van der Waals surface area contributed by atoms with Gasteiger partial charge in [-0.3, -0.25) is 4.79 Å². The van der Waals surface area contributed by atoms with Crippen LogP contribution < -0.4 is 0 Å². The topological polar surface area (TPSA) is 35.5 Å². The minimum absolute atomic E-state index is 0.152. The van der Waals surface area contributed by atoms with E-state index in [2.05, 4.69) is 0 Å². The fraction of sp³-hybridized carbons (Fsp3) is 0.235. The molecule has 1 fully saturated rings. The van der Waals surface area contributed by atoms with Gasteiger partial charge in [0.15, 0.2) is 0 Å². The van der Waals surface area contributed by atoms with Crippen molar-refractivity contribution in [1.29, 1.82) is 0 Å². The van der Waals surface area contributed by atoms with Crippen LogP contribution in [0.15, 0.2) is 54.6 Å². The average molecular weight is 268 g/mol. The highest BCUT2D eigenvalue weighted by Gasteiger charge is 2.46. The monoisotopic (exact) mass is 268 g/mol. The van der Waals surface area contributed by atoms with Gasteiger partial charge in [0.05, 0.1) is 13.2 Å². The van der Waals surface area contributed by atoms with Crippen LogP contribution in [0.1, 0.15) is 21.5 Å². The van der Waals surface area contributed by atoms with Gasteiger partial charge in [-0.1, -0.05) is 60.2 Å². The van der Waals surface area contributed by atoms with Crippen molar-refractivity contribution in [1.82, 2.24) is 0 Å². The molecular weight excluding hydrogens is 252 g/mol. The van der Waals surface area contributed by atoms with Crippen molar-refractivity contribution >= 4 is 5.78 Å². The molecule has 1 saturated heterocycles. The average Bonchev–Trinajstić information content (AvgIpc) is 2.99. The molecule has 0 unspecified atom stereocenters. The summed E-state index contributed by atoms with van der Waals surface area (Å²) in [7, 11) is 0. The molecular formula is C17H16O3. The lowest BCUT2D eigenvalue weighted by atomic mass is 9.95. The van der Waals surface area contributed by atoms with Crippen LogP contribution in [0.2, 0.25) is 0 Å². The maximum Gasteiger partial charge on any atom is 0.261 e. The second-order valence-corrected chi connectivity index (χ2v) is 4.87. The lowest BCUT2D eigenvalue weighted by Gasteiger charge is -2.26. The van der Waals surface area contributed by atoms with Crippen molar-refractivity contribution < 1.29 is 14.3 Å². The van der Waals surface area contributed by atoms with Gasteiger partial charge in [-0.2, -0.15) is 0 Å². The first kappa shape index (κ1) is 13.0. The lowest BCUT2D eigenvalue weighted by Crippen LogP contribution is -2.37. The molecule has 102 valence electrons. The van der Waals surface area contributed by atoms with E-state index in [1.807, 2.05) is 61.5 Å². The Kier molecular flexibility index (Phi) is 3.38. The van der Waals surface area contributed by atoms with Crippen molar-refractivity contribution in [3.63, 3.8) is 0 Å². The highest BCUT2D eigenvalue weighted by atomic mass is 16.7. The fourth-order valence-corrected chi connectivity index (χ4v) is 2.39. The molecule has 1 aliphatic heterocycles. The Morgan fingerprint density at radius 3 is 2.15 bits per heavy atom. The third kappa shape index (κ3) is 2.15. The van der Waals surface area contributed by atoms with Crippen LogP contribution in [0.5, 0.6) is 0 Å². The van der Waals surface area contributed by atoms with Crippen molar-refractivity contribution in [2.24, 2.45) is 0 Å². The molecule has 0 N–H and O–H groups in total. The number of hydrogen-bond acceptors (Lipinski definition) is 3. The maximum absolute atomic E-state index is 12.8. The molecule has 0 aliphatic carbocycles. The lowest BCUT2D eigenvalue weighted by molar-refractivity contribution is -0.126. The fourth-order valence-electron chi connectivity index (χ4n) is 2.39. The molecule has 2 aromatic carbocycles. The van der Waals surface area contributed by atoms with Gasteiger partial charge in [-0.25, -0.2) is 0 Å². The van der Waals surface area contributed by atoms with Crippen LogP contribution in [-0.2, 0) is 15.3 Å². The second kappa shape index (κ2) is 5.19. The number of hydrogen-bond donors (Lipinski definition) is 0. The third-order valence-corrected chi connectivity index (χ3v) is 3.46. The summed E-state index contributed by atoms with van der Waals surface area (Å²) in [6.07, 6.45) is 0. The number of benzene rings is 2. The molecule has 0 radical (unpaired) electrons. The van der Waals surface area contributed by atoms with E-state index in [-0.39, 0.29) is 5.78 Å². The Labute approximate surface area is 118 Å². The van der Waals surface area contributed by atoms with Gasteiger partial charge in [-0.05, 0) is 6.92 Å². The van der Waals surface area contributed by atoms with Crippen LogP contribution in [0, 0.1) is 6.92 Å². The van der Waals surface area contributed by atoms with E-state index in [0.29, 0.717) is 18.8 Å². The Balaban J connectivity index is 2.03. The summed E-state index contributed by atoms with van der Waals surface area (Å²) in [5.41, 5.74) is 2.45. The Hall–Kier alpha value is -1.97. The number of carbonyl (C=O) groups excluding carboxylic acids is 1. The summed E-state index contributed by atoms with van der Waals surface area (Å²) in [6, 6.07) is 16.8. The minimum atomic E-state index is -1.30. The van der Waals surface area contributed by atoms with Crippen molar-refractivity contribution in [2.45, 2.75) is 12.7 Å². The smallest absolute Gasteiger partial charge is 0.261 e. The third-order valence-electron chi connectivity index (χ3n) is 3.46. The summed E-state index contributed by atoms with van der Waals surface area (Å²) in [5.74, 6) is -1.45. The predicted molar refractivity (Wildman–Crippen MR) is 75.5 cm³/mol. The van der Waals surface area contributed by atoms with E-state index < -0.39 is 5.79 Å². The van der Waals surface area contributed by atoms with E-state index in [9.17, 15) is 4.79 Å². The largest absolute Gasteiger partial charge is 0.337 e. The number of Topliss-reactive ketones (excluding diaryl/α,β-unsaturated/α-hetero) is 1. The maximum atomic E-state index is 12.8. The van der Waals surface area contributed by atoms with Crippen LogP contribution in [0.4, 0.5) is 0 Å². The van der Waals surface area contributed by atoms with Gasteiger partial charge in [0.25, 0.3) is 5.79 Å². The zero-order valence-electron chi connectivity index (χ0n) is 11.3. The molecule has 20 heavy (non-hydrogen) atoms. The first-order chi connectivity index (χ1) is 9.72. The minimum Gasteiger partial charge on any atom is -0.337 e. The standard InChI is InChI=1S/C17H16O3/c1-13-7-9-14(10-8-13)16(18)17(19-11-12-20-17)15-5-3-2-4-6-15/h2-10H,11-12H2,1H3. The van der Waals surface area contributed by atoms with Gasteiger partial charge in [0.2, 0.25) is 5.78 Å². The Bertz CT molecular complexity index is 596. The van der Waals surface area contributed by atoms with Gasteiger partial charge >= 0.3 is 0 Å². The summed E-state index contributed by atoms with van der Waals surface area (Å²) in [4.78, 5) is 12.8. The van der Waals surface area contributed by atoms with E-state index in [1.165, 1.54) is 0 Å². The van der Waals surface area contributed by atoms with Crippen LogP contribution in [0.25, 0.3) is 0 Å². The quantitative estimate of drug-likeness (QED) is 0.802. The van der Waals surface area contributed by atoms with Crippen molar-refractivity contribution in [3.8, 4) is 0 Å². The van der Waals surface area contributed by atoms with Crippen LogP contribution >= 0.6 is 0 Å². The van der Waals surface area contributed by atoms with Gasteiger partial charge in [-0.15, -0.1) is 0 Å². The second-order valence-electron chi connectivity index (χ2n) is 4.87. The van der Waals surface area contributed by atoms with Crippen molar-refractivity contribution in [2.75, 3.05) is 13.2 Å². The highest BCUT2D eigenvalue weighted by Crippen LogP contribution is 2.34. The molecule has 0 atom stereocenters. The summed E-state index contributed by atoms with van der Waals surface area (Å²) >= 11 is 0. The van der Waals surface area contributed by atoms with E-state index in [1.54, 1.807) is 0 Å². The van der Waals surface area contributed by atoms with Gasteiger partial charge in [0.1, 0.15) is 0 Å². The molecule has 0 bridgehead atoms. The number of aryl methyl sites for hydroxylation is 1. The Morgan fingerprint density at radius 1 is 0.950 bits per heavy atom. The zero-order valence-corrected chi connectivity index (χ0v) is 11.3. The number of ketones is 1. The number of carbonyl (C=O) groups is 1. The highest BCUT2D eigenvalue weighted by molar-refractivity contribution is 6.02. The van der Waals surface area contributed by atoms with E-state index in [0.717, 1.165) is 11.1 Å². The van der Waals surface area contributed by atoms with Gasteiger partial charge in [0, 0.05) is 11.1 Å². The summed E-state index contributed by atoms with van der Waals surface area (Å²) in [6.45, 7) is 2.84. The molecule has 0 saturated carbocycles. The first-order valence-electron chi connectivity index (χ1n) is 6.67. The molecule has 0 spiro atoms. The summed E-state index contributed by atoms with van der Waals surface area (Å²) < 4.78 is 11.4. The van der Waals surface area contributed by atoms with Gasteiger partial charge < -0.3 is 9.47 Å². The predicted octanol–water partition coefficient (Wildman–Crippen LogP) is 3.08.